The van der Waals surface area contributed by atoms with Crippen LogP contribution in [0.1, 0.15) is 61.8 Å². The first-order valence-corrected chi connectivity index (χ1v) is 11.3. The minimum Gasteiger partial charge on any atom is -0.0761 e. The minimum absolute atomic E-state index is 0.527. The summed E-state index contributed by atoms with van der Waals surface area (Å²) in [5.41, 5.74) is 11.0. The van der Waals surface area contributed by atoms with E-state index < -0.39 is 0 Å². The highest BCUT2D eigenvalue weighted by molar-refractivity contribution is 5.85. The molecular weight excluding hydrogens is 360 g/mol. The lowest BCUT2D eigenvalue weighted by Gasteiger charge is -2.18. The van der Waals surface area contributed by atoms with Crippen LogP contribution in [-0.4, -0.2) is 0 Å². The van der Waals surface area contributed by atoms with Crippen molar-refractivity contribution in [2.45, 2.75) is 39.5 Å². The molecule has 0 saturated heterocycles. The highest BCUT2D eigenvalue weighted by Crippen LogP contribution is 2.43. The largest absolute Gasteiger partial charge is 0.0761 e. The van der Waals surface area contributed by atoms with Gasteiger partial charge in [0.2, 0.25) is 0 Å². The molecule has 0 spiro atoms. The molecule has 0 N–H and O–H groups in total. The van der Waals surface area contributed by atoms with Crippen LogP contribution in [0.5, 0.6) is 0 Å². The predicted octanol–water partition coefficient (Wildman–Crippen LogP) is 8.55. The minimum atomic E-state index is 0.527. The predicted molar refractivity (Wildman–Crippen MR) is 131 cm³/mol. The van der Waals surface area contributed by atoms with E-state index in [1.165, 1.54) is 44.5 Å². The monoisotopic (exact) mass is 390 g/mol. The van der Waals surface area contributed by atoms with E-state index in [0.29, 0.717) is 23.7 Å². The third-order valence-electron chi connectivity index (χ3n) is 6.86. The third-order valence-corrected chi connectivity index (χ3v) is 6.86. The van der Waals surface area contributed by atoms with Crippen LogP contribution in [0.15, 0.2) is 72.8 Å². The number of rotatable bonds is 4. The zero-order valence-corrected chi connectivity index (χ0v) is 18.4. The molecule has 30 heavy (non-hydrogen) atoms. The summed E-state index contributed by atoms with van der Waals surface area (Å²) in [6.45, 7) is 9.24. The molecule has 150 valence electrons. The summed E-state index contributed by atoms with van der Waals surface area (Å²) in [6.07, 6.45) is 9.42. The number of hydrogen-bond donors (Lipinski definition) is 0. The zero-order valence-electron chi connectivity index (χ0n) is 18.4. The van der Waals surface area contributed by atoms with Crippen LogP contribution in [0, 0.1) is 11.8 Å². The van der Waals surface area contributed by atoms with E-state index in [9.17, 15) is 0 Å². The maximum atomic E-state index is 2.38. The number of fused-ring (bicyclic) bond motifs is 2. The van der Waals surface area contributed by atoms with Gasteiger partial charge in [0, 0.05) is 11.8 Å². The first kappa shape index (κ1) is 19.1. The molecule has 0 amide bonds. The van der Waals surface area contributed by atoms with Crippen LogP contribution >= 0.6 is 0 Å². The Labute approximate surface area is 181 Å². The molecule has 0 heteroatoms. The average molecular weight is 391 g/mol. The molecule has 2 aliphatic carbocycles. The molecule has 0 aliphatic heterocycles. The Bertz CT molecular complexity index is 1070. The van der Waals surface area contributed by atoms with Gasteiger partial charge in [0.15, 0.2) is 0 Å². The van der Waals surface area contributed by atoms with Crippen molar-refractivity contribution in [3.63, 3.8) is 0 Å². The molecule has 0 aromatic heterocycles. The highest BCUT2D eigenvalue weighted by atomic mass is 14.3. The van der Waals surface area contributed by atoms with Gasteiger partial charge >= 0.3 is 0 Å². The Morgan fingerprint density at radius 3 is 1.43 bits per heavy atom. The van der Waals surface area contributed by atoms with Crippen LogP contribution in [0.3, 0.4) is 0 Å². The number of benzene rings is 3. The van der Waals surface area contributed by atoms with Crippen LogP contribution in [0.2, 0.25) is 0 Å². The van der Waals surface area contributed by atoms with E-state index in [0.717, 1.165) is 0 Å². The first-order chi connectivity index (χ1) is 14.5. The van der Waals surface area contributed by atoms with Crippen molar-refractivity contribution in [1.29, 1.82) is 0 Å². The van der Waals surface area contributed by atoms with Crippen molar-refractivity contribution < 1.29 is 0 Å². The van der Waals surface area contributed by atoms with Gasteiger partial charge in [0.25, 0.3) is 0 Å². The zero-order chi connectivity index (χ0) is 20.8. The van der Waals surface area contributed by atoms with Crippen molar-refractivity contribution in [3.8, 4) is 22.3 Å². The normalized spacial score (nSPS) is 19.0. The Hall–Kier alpha value is -2.86. The fourth-order valence-electron chi connectivity index (χ4n) is 5.25. The molecule has 3 aromatic rings. The third kappa shape index (κ3) is 3.06. The summed E-state index contributed by atoms with van der Waals surface area (Å²) in [5, 5.41) is 0. The maximum Gasteiger partial charge on any atom is 0.00504 e. The Kier molecular flexibility index (Phi) is 4.74. The molecule has 2 atom stereocenters. The molecule has 0 nitrogen and oxygen atoms in total. The molecule has 0 fully saturated rings. The van der Waals surface area contributed by atoms with E-state index in [1.54, 1.807) is 0 Å². The second-order valence-electron chi connectivity index (χ2n) is 9.46. The maximum absolute atomic E-state index is 2.38. The summed E-state index contributed by atoms with van der Waals surface area (Å²) < 4.78 is 0. The number of hydrogen-bond acceptors (Lipinski definition) is 0. The smallest absolute Gasteiger partial charge is 0.00504 e. The van der Waals surface area contributed by atoms with Crippen LogP contribution in [-0.2, 0) is 0 Å². The van der Waals surface area contributed by atoms with Crippen LogP contribution < -0.4 is 0 Å². The Balaban J connectivity index is 1.59. The fourth-order valence-corrected chi connectivity index (χ4v) is 5.25. The van der Waals surface area contributed by atoms with Gasteiger partial charge in [-0.25, -0.2) is 0 Å². The fraction of sp³-hybridized carbons (Fsp3) is 0.267. The first-order valence-electron chi connectivity index (χ1n) is 11.3. The molecular formula is C30H30. The van der Waals surface area contributed by atoms with Crippen molar-refractivity contribution in [3.05, 3.63) is 95.1 Å². The average Bonchev–Trinajstić information content (AvgIpc) is 3.38. The standard InChI is InChI=1S/C30H30/c1-19(2)23-14-16-29-25(10-6-12-27(23)29)21-8-5-9-22(18-21)26-11-7-13-28-24(20(3)4)15-17-30(26)28/h5-20,23-24H,1-4H3. The van der Waals surface area contributed by atoms with Gasteiger partial charge in [0.05, 0.1) is 0 Å². The summed E-state index contributed by atoms with van der Waals surface area (Å²) >= 11 is 0. The van der Waals surface area contributed by atoms with Gasteiger partial charge in [-0.3, -0.25) is 0 Å². The summed E-state index contributed by atoms with van der Waals surface area (Å²) in [7, 11) is 0. The van der Waals surface area contributed by atoms with E-state index in [4.69, 9.17) is 0 Å². The van der Waals surface area contributed by atoms with Crippen molar-refractivity contribution in [2.24, 2.45) is 11.8 Å². The van der Waals surface area contributed by atoms with E-state index >= 15 is 0 Å². The summed E-state index contributed by atoms with van der Waals surface area (Å²) in [4.78, 5) is 0. The molecule has 0 heterocycles. The van der Waals surface area contributed by atoms with Gasteiger partial charge in [-0.15, -0.1) is 0 Å². The van der Waals surface area contributed by atoms with Crippen molar-refractivity contribution in [1.82, 2.24) is 0 Å². The molecule has 3 aromatic carbocycles. The lowest BCUT2D eigenvalue weighted by atomic mass is 9.86. The summed E-state index contributed by atoms with van der Waals surface area (Å²) in [6, 6.07) is 22.7. The van der Waals surface area contributed by atoms with E-state index in [1.807, 2.05) is 0 Å². The Morgan fingerprint density at radius 2 is 1.00 bits per heavy atom. The molecule has 0 radical (unpaired) electrons. The van der Waals surface area contributed by atoms with Gasteiger partial charge in [-0.05, 0) is 62.4 Å². The van der Waals surface area contributed by atoms with Crippen molar-refractivity contribution >= 4 is 12.2 Å². The molecule has 2 unspecified atom stereocenters. The Morgan fingerprint density at radius 1 is 0.567 bits per heavy atom. The lowest BCUT2D eigenvalue weighted by Crippen LogP contribution is -2.02. The van der Waals surface area contributed by atoms with Gasteiger partial charge < -0.3 is 0 Å². The molecule has 5 rings (SSSR count). The highest BCUT2D eigenvalue weighted by Gasteiger charge is 2.24. The van der Waals surface area contributed by atoms with Gasteiger partial charge in [0.1, 0.15) is 0 Å². The summed E-state index contributed by atoms with van der Waals surface area (Å²) in [5.74, 6) is 2.30. The van der Waals surface area contributed by atoms with Crippen LogP contribution in [0.4, 0.5) is 0 Å². The molecule has 0 saturated carbocycles. The topological polar surface area (TPSA) is 0 Å². The van der Waals surface area contributed by atoms with Gasteiger partial charge in [-0.1, -0.05) is 107 Å². The lowest BCUT2D eigenvalue weighted by molar-refractivity contribution is 0.584. The molecule has 2 aliphatic rings. The second-order valence-corrected chi connectivity index (χ2v) is 9.46. The van der Waals surface area contributed by atoms with Gasteiger partial charge in [-0.2, -0.15) is 0 Å². The van der Waals surface area contributed by atoms with Crippen LogP contribution in [0.25, 0.3) is 34.4 Å². The second kappa shape index (κ2) is 7.43. The van der Waals surface area contributed by atoms with E-state index in [-0.39, 0.29) is 0 Å². The molecule has 0 bridgehead atoms. The van der Waals surface area contributed by atoms with Crippen molar-refractivity contribution in [2.75, 3.05) is 0 Å². The number of allylic oxidation sites excluding steroid dienone is 2. The quantitative estimate of drug-likeness (QED) is 0.418. The van der Waals surface area contributed by atoms with E-state index in [2.05, 4.69) is 113 Å². The SMILES string of the molecule is CC(C)C1C=Cc2c(-c3cccc(-c4cccc5c4C=CC5C(C)C)c3)cccc21.